The van der Waals surface area contributed by atoms with Crippen molar-refractivity contribution >= 4 is 23.3 Å². The standard InChI is InChI=1S/C23H27ClF3N5O2/c1-13-14(2)28-22(23(25,26)27)30-20(13)32-11-18(19(33)12-32)29-17-7-9-31(10-8-17)21(34)15-3-5-16(24)6-4-15/h3-6,17-19,29,33H,7-12H2,1-2H3/t18-,19-/m0/s1. The zero-order chi connectivity index (χ0) is 24.6. The van der Waals surface area contributed by atoms with Crippen molar-refractivity contribution in [3.63, 3.8) is 0 Å². The molecule has 3 heterocycles. The van der Waals surface area contributed by atoms with Crippen molar-refractivity contribution in [3.8, 4) is 0 Å². The van der Waals surface area contributed by atoms with Gasteiger partial charge >= 0.3 is 6.18 Å². The number of carbonyl (C=O) groups excluding carboxylic acids is 1. The van der Waals surface area contributed by atoms with Crippen LogP contribution in [0.15, 0.2) is 24.3 Å². The molecule has 0 saturated carbocycles. The summed E-state index contributed by atoms with van der Waals surface area (Å²) in [6, 6.07) is 6.57. The molecule has 0 spiro atoms. The summed E-state index contributed by atoms with van der Waals surface area (Å²) in [5.41, 5.74) is 1.42. The maximum absolute atomic E-state index is 13.2. The molecule has 0 radical (unpaired) electrons. The van der Waals surface area contributed by atoms with Crippen molar-refractivity contribution in [2.45, 2.75) is 51.1 Å². The van der Waals surface area contributed by atoms with Gasteiger partial charge in [-0.1, -0.05) is 11.6 Å². The Kier molecular flexibility index (Phi) is 7.02. The van der Waals surface area contributed by atoms with Crippen molar-refractivity contribution in [3.05, 3.63) is 51.9 Å². The Balaban J connectivity index is 1.36. The lowest BCUT2D eigenvalue weighted by Crippen LogP contribution is -2.50. The summed E-state index contributed by atoms with van der Waals surface area (Å²) in [5.74, 6) is -1.02. The maximum Gasteiger partial charge on any atom is 0.451 e. The predicted octanol–water partition coefficient (Wildman–Crippen LogP) is 3.21. The molecular weight excluding hydrogens is 471 g/mol. The Morgan fingerprint density at radius 2 is 1.76 bits per heavy atom. The Morgan fingerprint density at radius 3 is 2.38 bits per heavy atom. The van der Waals surface area contributed by atoms with Crippen LogP contribution in [0.1, 0.15) is 40.3 Å². The highest BCUT2D eigenvalue weighted by atomic mass is 35.5. The second-order valence-electron chi connectivity index (χ2n) is 8.90. The fourth-order valence-corrected chi connectivity index (χ4v) is 4.62. The SMILES string of the molecule is Cc1nc(C(F)(F)F)nc(N2C[C@H](NC3CCN(C(=O)c4ccc(Cl)cc4)CC3)[C@@H](O)C2)c1C. The second kappa shape index (κ2) is 9.67. The molecule has 0 bridgehead atoms. The minimum absolute atomic E-state index is 0.0442. The van der Waals surface area contributed by atoms with Crippen LogP contribution in [-0.4, -0.2) is 70.2 Å². The smallest absolute Gasteiger partial charge is 0.390 e. The van der Waals surface area contributed by atoms with Gasteiger partial charge in [0.2, 0.25) is 5.82 Å². The molecule has 2 saturated heterocycles. The number of β-amino-alcohol motifs (C(OH)–C–C–N with tert-alkyl or cyclic N) is 1. The number of anilines is 1. The molecule has 2 aliphatic rings. The van der Waals surface area contributed by atoms with Crippen LogP contribution in [0.5, 0.6) is 0 Å². The summed E-state index contributed by atoms with van der Waals surface area (Å²) in [7, 11) is 0. The fraction of sp³-hybridized carbons (Fsp3) is 0.522. The molecule has 34 heavy (non-hydrogen) atoms. The third kappa shape index (κ3) is 5.29. The van der Waals surface area contributed by atoms with Crippen LogP contribution < -0.4 is 10.2 Å². The minimum Gasteiger partial charge on any atom is -0.390 e. The molecule has 1 aromatic carbocycles. The van der Waals surface area contributed by atoms with Gasteiger partial charge in [0.05, 0.1) is 12.1 Å². The molecule has 2 fully saturated rings. The van der Waals surface area contributed by atoms with Crippen LogP contribution in [0.2, 0.25) is 5.02 Å². The highest BCUT2D eigenvalue weighted by molar-refractivity contribution is 6.30. The number of likely N-dealkylation sites (tertiary alicyclic amines) is 1. The van der Waals surface area contributed by atoms with Crippen molar-refractivity contribution in [2.75, 3.05) is 31.1 Å². The van der Waals surface area contributed by atoms with Gasteiger partial charge < -0.3 is 20.2 Å². The summed E-state index contributed by atoms with van der Waals surface area (Å²) in [5, 5.41) is 14.6. The van der Waals surface area contributed by atoms with E-state index in [9.17, 15) is 23.1 Å². The summed E-state index contributed by atoms with van der Waals surface area (Å²) < 4.78 is 39.6. The van der Waals surface area contributed by atoms with Crippen LogP contribution >= 0.6 is 11.6 Å². The summed E-state index contributed by atoms with van der Waals surface area (Å²) in [6.45, 7) is 4.87. The van der Waals surface area contributed by atoms with Crippen molar-refractivity contribution in [2.24, 2.45) is 0 Å². The molecule has 7 nitrogen and oxygen atoms in total. The number of aryl methyl sites for hydroxylation is 1. The zero-order valence-corrected chi connectivity index (χ0v) is 19.7. The second-order valence-corrected chi connectivity index (χ2v) is 9.33. The van der Waals surface area contributed by atoms with E-state index in [4.69, 9.17) is 11.6 Å². The van der Waals surface area contributed by atoms with Crippen LogP contribution in [0.4, 0.5) is 19.0 Å². The van der Waals surface area contributed by atoms with E-state index < -0.39 is 18.1 Å². The minimum atomic E-state index is -4.64. The van der Waals surface area contributed by atoms with E-state index in [0.717, 1.165) is 0 Å². The number of aromatic nitrogens is 2. The number of carbonyl (C=O) groups is 1. The third-order valence-corrected chi connectivity index (χ3v) is 6.78. The first-order valence-corrected chi connectivity index (χ1v) is 11.6. The number of amides is 1. The molecule has 1 amide bonds. The van der Waals surface area contributed by atoms with E-state index in [-0.39, 0.29) is 36.0 Å². The van der Waals surface area contributed by atoms with E-state index in [1.165, 1.54) is 6.92 Å². The van der Waals surface area contributed by atoms with E-state index in [1.54, 1.807) is 41.0 Å². The first-order valence-electron chi connectivity index (χ1n) is 11.2. The Morgan fingerprint density at radius 1 is 1.12 bits per heavy atom. The number of aliphatic hydroxyl groups is 1. The zero-order valence-electron chi connectivity index (χ0n) is 18.9. The lowest BCUT2D eigenvalue weighted by atomic mass is 10.0. The van der Waals surface area contributed by atoms with E-state index in [2.05, 4.69) is 15.3 Å². The first kappa shape index (κ1) is 24.7. The van der Waals surface area contributed by atoms with Gasteiger partial charge in [-0.3, -0.25) is 4.79 Å². The number of rotatable bonds is 4. The highest BCUT2D eigenvalue weighted by Gasteiger charge is 2.39. The number of nitrogens with zero attached hydrogens (tertiary/aromatic N) is 4. The Labute approximate surface area is 200 Å². The fourth-order valence-electron chi connectivity index (χ4n) is 4.50. The van der Waals surface area contributed by atoms with Gasteiger partial charge in [-0.15, -0.1) is 0 Å². The van der Waals surface area contributed by atoms with Crippen molar-refractivity contribution in [1.29, 1.82) is 0 Å². The van der Waals surface area contributed by atoms with Gasteiger partial charge in [-0.25, -0.2) is 9.97 Å². The molecule has 2 N–H and O–H groups in total. The number of alkyl halides is 3. The lowest BCUT2D eigenvalue weighted by molar-refractivity contribution is -0.145. The predicted molar refractivity (Wildman–Crippen MR) is 122 cm³/mol. The van der Waals surface area contributed by atoms with E-state index >= 15 is 0 Å². The number of aliphatic hydroxyl groups excluding tert-OH is 1. The van der Waals surface area contributed by atoms with E-state index in [1.807, 2.05) is 0 Å². The van der Waals surface area contributed by atoms with E-state index in [0.29, 0.717) is 48.6 Å². The van der Waals surface area contributed by atoms with Crippen LogP contribution in [0.3, 0.4) is 0 Å². The van der Waals surface area contributed by atoms with Crippen LogP contribution in [0.25, 0.3) is 0 Å². The molecule has 1 aromatic heterocycles. The Bertz CT molecular complexity index is 1040. The normalized spacial score (nSPS) is 21.9. The average Bonchev–Trinajstić information content (AvgIpc) is 3.15. The molecule has 184 valence electrons. The van der Waals surface area contributed by atoms with Gasteiger partial charge in [0.1, 0.15) is 5.82 Å². The number of hydrogen-bond donors (Lipinski definition) is 2. The van der Waals surface area contributed by atoms with Gasteiger partial charge in [0, 0.05) is 54.1 Å². The van der Waals surface area contributed by atoms with Crippen LogP contribution in [-0.2, 0) is 6.18 Å². The number of hydrogen-bond acceptors (Lipinski definition) is 6. The average molecular weight is 498 g/mol. The number of halogens is 4. The lowest BCUT2D eigenvalue weighted by Gasteiger charge is -2.34. The molecule has 4 rings (SSSR count). The molecule has 0 unspecified atom stereocenters. The molecular formula is C23H27ClF3N5O2. The molecule has 11 heteroatoms. The number of benzene rings is 1. The third-order valence-electron chi connectivity index (χ3n) is 6.53. The van der Waals surface area contributed by atoms with Crippen molar-refractivity contribution < 1.29 is 23.1 Å². The van der Waals surface area contributed by atoms with Crippen molar-refractivity contribution in [1.82, 2.24) is 20.2 Å². The number of nitrogens with one attached hydrogen (secondary N) is 1. The summed E-state index contributed by atoms with van der Waals surface area (Å²) >= 11 is 5.89. The molecule has 2 aliphatic heterocycles. The molecule has 2 aromatic rings. The monoisotopic (exact) mass is 497 g/mol. The van der Waals surface area contributed by atoms with Gasteiger partial charge in [0.25, 0.3) is 5.91 Å². The highest BCUT2D eigenvalue weighted by Crippen LogP contribution is 2.31. The van der Waals surface area contributed by atoms with Gasteiger partial charge in [-0.05, 0) is 51.0 Å². The van der Waals surface area contributed by atoms with Gasteiger partial charge in [0.15, 0.2) is 0 Å². The topological polar surface area (TPSA) is 81.6 Å². The van der Waals surface area contributed by atoms with Crippen LogP contribution in [0, 0.1) is 13.8 Å². The maximum atomic E-state index is 13.2. The number of piperidine rings is 1. The summed E-state index contributed by atoms with van der Waals surface area (Å²) in [4.78, 5) is 23.5. The largest absolute Gasteiger partial charge is 0.451 e. The molecule has 2 atom stereocenters. The first-order chi connectivity index (χ1) is 16.0. The summed E-state index contributed by atoms with van der Waals surface area (Å²) in [6.07, 6.45) is -3.96. The quantitative estimate of drug-likeness (QED) is 0.675. The Hall–Kier alpha value is -2.43. The molecule has 0 aliphatic carbocycles. The van der Waals surface area contributed by atoms with Gasteiger partial charge in [-0.2, -0.15) is 13.2 Å².